The molecule has 0 atom stereocenters. The second kappa shape index (κ2) is 7.62. The van der Waals surface area contributed by atoms with Gasteiger partial charge >= 0.3 is 0 Å². The van der Waals surface area contributed by atoms with E-state index in [-0.39, 0.29) is 0 Å². The molecule has 1 aliphatic rings. The predicted molar refractivity (Wildman–Crippen MR) is 92.0 cm³/mol. The van der Waals surface area contributed by atoms with Gasteiger partial charge in [-0.2, -0.15) is 4.98 Å². The Balaban J connectivity index is 1.56. The zero-order valence-electron chi connectivity index (χ0n) is 13.2. The summed E-state index contributed by atoms with van der Waals surface area (Å²) >= 11 is 5.97. The van der Waals surface area contributed by atoms with E-state index in [1.165, 1.54) is 0 Å². The molecule has 23 heavy (non-hydrogen) atoms. The Kier molecular flexibility index (Phi) is 5.31. The van der Waals surface area contributed by atoms with Gasteiger partial charge in [-0.15, -0.1) is 0 Å². The molecule has 1 fully saturated rings. The van der Waals surface area contributed by atoms with E-state index >= 15 is 0 Å². The zero-order valence-corrected chi connectivity index (χ0v) is 14.0. The quantitative estimate of drug-likeness (QED) is 0.911. The largest absolute Gasteiger partial charge is 0.472 e. The van der Waals surface area contributed by atoms with E-state index in [4.69, 9.17) is 16.3 Å². The van der Waals surface area contributed by atoms with Crippen molar-refractivity contribution in [1.29, 1.82) is 0 Å². The van der Waals surface area contributed by atoms with Crippen LogP contribution in [0.3, 0.4) is 0 Å². The van der Waals surface area contributed by atoms with E-state index in [1.54, 1.807) is 12.4 Å². The van der Waals surface area contributed by atoms with Gasteiger partial charge in [0.1, 0.15) is 12.4 Å². The van der Waals surface area contributed by atoms with Crippen molar-refractivity contribution in [3.63, 3.8) is 0 Å². The third-order valence-corrected chi connectivity index (χ3v) is 4.19. The minimum atomic E-state index is 0.424. The fourth-order valence-corrected chi connectivity index (χ4v) is 2.85. The summed E-state index contributed by atoms with van der Waals surface area (Å²) in [7, 11) is 2.15. The van der Waals surface area contributed by atoms with Gasteiger partial charge in [0.15, 0.2) is 0 Å². The third kappa shape index (κ3) is 4.81. The highest BCUT2D eigenvalue weighted by Crippen LogP contribution is 2.17. The highest BCUT2D eigenvalue weighted by Gasteiger charge is 2.16. The van der Waals surface area contributed by atoms with Crippen molar-refractivity contribution in [2.75, 3.05) is 25.5 Å². The summed E-state index contributed by atoms with van der Waals surface area (Å²) in [4.78, 5) is 11.0. The third-order valence-electron chi connectivity index (χ3n) is 3.96. The molecule has 1 aromatic heterocycles. The van der Waals surface area contributed by atoms with Gasteiger partial charge in [0.25, 0.3) is 0 Å². The second-order valence-electron chi connectivity index (χ2n) is 5.88. The van der Waals surface area contributed by atoms with Crippen LogP contribution in [0.2, 0.25) is 5.02 Å². The molecule has 0 unspecified atom stereocenters. The van der Waals surface area contributed by atoms with Crippen LogP contribution in [-0.2, 0) is 6.61 Å². The number of hydrogen-bond acceptors (Lipinski definition) is 5. The molecule has 6 heteroatoms. The normalized spacial score (nSPS) is 16.3. The van der Waals surface area contributed by atoms with Gasteiger partial charge in [-0.25, -0.2) is 0 Å². The molecule has 0 amide bonds. The number of ether oxygens (including phenoxy) is 1. The number of benzene rings is 1. The summed E-state index contributed by atoms with van der Waals surface area (Å²) in [6.45, 7) is 2.64. The van der Waals surface area contributed by atoms with Crippen LogP contribution in [0.4, 0.5) is 5.82 Å². The summed E-state index contributed by atoms with van der Waals surface area (Å²) in [6.07, 6.45) is 5.60. The number of likely N-dealkylation sites (tertiary alicyclic amines) is 1. The molecule has 1 aliphatic heterocycles. The molecule has 1 aromatic carbocycles. The van der Waals surface area contributed by atoms with Crippen LogP contribution in [0.1, 0.15) is 18.4 Å². The minimum absolute atomic E-state index is 0.424. The van der Waals surface area contributed by atoms with Crippen LogP contribution in [0.15, 0.2) is 36.7 Å². The van der Waals surface area contributed by atoms with E-state index in [9.17, 15) is 0 Å². The second-order valence-corrected chi connectivity index (χ2v) is 6.32. The number of halogens is 1. The Bertz CT molecular complexity index is 644. The molecule has 0 radical (unpaired) electrons. The summed E-state index contributed by atoms with van der Waals surface area (Å²) in [5.41, 5.74) is 1.01. The van der Waals surface area contributed by atoms with Gasteiger partial charge in [0.05, 0.1) is 12.4 Å². The van der Waals surface area contributed by atoms with Gasteiger partial charge in [-0.1, -0.05) is 23.7 Å². The van der Waals surface area contributed by atoms with Gasteiger partial charge in [-0.05, 0) is 50.7 Å². The summed E-state index contributed by atoms with van der Waals surface area (Å²) in [6, 6.07) is 8.06. The van der Waals surface area contributed by atoms with Gasteiger partial charge in [-0.3, -0.25) is 4.98 Å². The fraction of sp³-hybridized carbons (Fsp3) is 0.412. The van der Waals surface area contributed by atoms with E-state index in [0.717, 1.165) is 37.3 Å². The van der Waals surface area contributed by atoms with Gasteiger partial charge < -0.3 is 15.0 Å². The Hall–Kier alpha value is -1.85. The Labute approximate surface area is 141 Å². The average Bonchev–Trinajstić information content (AvgIpc) is 2.56. The number of nitrogens with one attached hydrogen (secondary N) is 1. The van der Waals surface area contributed by atoms with Crippen molar-refractivity contribution in [2.45, 2.75) is 25.5 Å². The molecule has 1 saturated heterocycles. The SMILES string of the molecule is CN1CCC(Nc2cncc(OCc3cccc(Cl)c3)n2)CC1. The lowest BCUT2D eigenvalue weighted by atomic mass is 10.1. The number of piperidine rings is 1. The molecular formula is C17H21ClN4O. The van der Waals surface area contributed by atoms with Crippen LogP contribution in [-0.4, -0.2) is 41.0 Å². The van der Waals surface area contributed by atoms with Crippen molar-refractivity contribution in [1.82, 2.24) is 14.9 Å². The van der Waals surface area contributed by atoms with Gasteiger partial charge in [0, 0.05) is 11.1 Å². The lowest BCUT2D eigenvalue weighted by Crippen LogP contribution is -2.36. The highest BCUT2D eigenvalue weighted by molar-refractivity contribution is 6.30. The van der Waals surface area contributed by atoms with Gasteiger partial charge in [0.2, 0.25) is 5.88 Å². The van der Waals surface area contributed by atoms with Crippen LogP contribution in [0.25, 0.3) is 0 Å². The average molecular weight is 333 g/mol. The maximum absolute atomic E-state index is 5.97. The monoisotopic (exact) mass is 332 g/mol. The molecule has 0 aliphatic carbocycles. The maximum Gasteiger partial charge on any atom is 0.234 e. The topological polar surface area (TPSA) is 50.3 Å². The van der Waals surface area contributed by atoms with E-state index in [2.05, 4.69) is 27.2 Å². The van der Waals surface area contributed by atoms with Crippen molar-refractivity contribution in [3.05, 3.63) is 47.2 Å². The summed E-state index contributed by atoms with van der Waals surface area (Å²) in [5.74, 6) is 1.28. The van der Waals surface area contributed by atoms with Crippen molar-refractivity contribution in [2.24, 2.45) is 0 Å². The smallest absolute Gasteiger partial charge is 0.234 e. The van der Waals surface area contributed by atoms with E-state index in [0.29, 0.717) is 23.6 Å². The van der Waals surface area contributed by atoms with Crippen LogP contribution in [0, 0.1) is 0 Å². The molecule has 0 bridgehead atoms. The molecule has 3 rings (SSSR count). The Morgan fingerprint density at radius 3 is 2.91 bits per heavy atom. The van der Waals surface area contributed by atoms with E-state index in [1.807, 2.05) is 24.3 Å². The van der Waals surface area contributed by atoms with Crippen LogP contribution >= 0.6 is 11.6 Å². The molecule has 0 spiro atoms. The number of rotatable bonds is 5. The Morgan fingerprint density at radius 1 is 1.30 bits per heavy atom. The molecule has 0 saturated carbocycles. The zero-order chi connectivity index (χ0) is 16.1. The lowest BCUT2D eigenvalue weighted by molar-refractivity contribution is 0.263. The number of hydrogen-bond donors (Lipinski definition) is 1. The van der Waals surface area contributed by atoms with E-state index < -0.39 is 0 Å². The predicted octanol–water partition coefficient (Wildman–Crippen LogP) is 3.22. The van der Waals surface area contributed by atoms with Crippen LogP contribution in [0.5, 0.6) is 5.88 Å². The summed E-state index contributed by atoms with van der Waals surface area (Å²) in [5, 5.41) is 4.15. The van der Waals surface area contributed by atoms with Crippen molar-refractivity contribution < 1.29 is 4.74 Å². The molecule has 2 heterocycles. The highest BCUT2D eigenvalue weighted by atomic mass is 35.5. The number of nitrogens with zero attached hydrogens (tertiary/aromatic N) is 3. The lowest BCUT2D eigenvalue weighted by Gasteiger charge is -2.29. The minimum Gasteiger partial charge on any atom is -0.472 e. The fourth-order valence-electron chi connectivity index (χ4n) is 2.63. The Morgan fingerprint density at radius 2 is 2.13 bits per heavy atom. The first-order chi connectivity index (χ1) is 11.2. The first-order valence-electron chi connectivity index (χ1n) is 7.83. The number of aromatic nitrogens is 2. The number of anilines is 1. The molecule has 1 N–H and O–H groups in total. The molecule has 122 valence electrons. The maximum atomic E-state index is 5.97. The molecular weight excluding hydrogens is 312 g/mol. The molecule has 5 nitrogen and oxygen atoms in total. The standard InChI is InChI=1S/C17H21ClN4O/c1-22-7-5-15(6-8-22)20-16-10-19-11-17(21-16)23-12-13-3-2-4-14(18)9-13/h2-4,9-11,15H,5-8,12H2,1H3,(H,20,21). The van der Waals surface area contributed by atoms with Crippen molar-refractivity contribution in [3.8, 4) is 5.88 Å². The molecule has 2 aromatic rings. The summed E-state index contributed by atoms with van der Waals surface area (Å²) < 4.78 is 5.71. The van der Waals surface area contributed by atoms with Crippen molar-refractivity contribution >= 4 is 17.4 Å². The first-order valence-corrected chi connectivity index (χ1v) is 8.21. The first kappa shape index (κ1) is 16.0. The van der Waals surface area contributed by atoms with Crippen LogP contribution < -0.4 is 10.1 Å².